The molecule has 0 amide bonds. The first kappa shape index (κ1) is 18.7. The number of aromatic nitrogens is 1. The van der Waals surface area contributed by atoms with Gasteiger partial charge in [-0.1, -0.05) is 0 Å². The molecule has 3 aromatic rings. The average molecular weight is 376 g/mol. The van der Waals surface area contributed by atoms with Gasteiger partial charge >= 0.3 is 0 Å². The summed E-state index contributed by atoms with van der Waals surface area (Å²) in [5.74, 6) is -1.00. The van der Waals surface area contributed by atoms with Crippen LogP contribution in [0.2, 0.25) is 0 Å². The molecule has 0 saturated carbocycles. The van der Waals surface area contributed by atoms with Crippen LogP contribution >= 0.6 is 0 Å². The number of rotatable bonds is 7. The van der Waals surface area contributed by atoms with Crippen LogP contribution in [0.15, 0.2) is 36.5 Å². The molecule has 2 N–H and O–H groups in total. The molecule has 2 aromatic carbocycles. The van der Waals surface area contributed by atoms with E-state index in [1.165, 1.54) is 25.3 Å². The topological polar surface area (TPSA) is 75.8 Å². The van der Waals surface area contributed by atoms with E-state index >= 15 is 0 Å². The maximum absolute atomic E-state index is 14.4. The smallest absolute Gasteiger partial charge is 0.184 e. The summed E-state index contributed by atoms with van der Waals surface area (Å²) in [6.07, 6.45) is 0.998. The van der Waals surface area contributed by atoms with Gasteiger partial charge in [-0.25, -0.2) is 8.78 Å². The molecule has 0 bridgehead atoms. The number of methoxy groups -OCH3 is 2. The molecule has 6 nitrogen and oxygen atoms in total. The lowest BCUT2D eigenvalue weighted by Gasteiger charge is -2.14. The molecule has 0 spiro atoms. The highest BCUT2D eigenvalue weighted by Crippen LogP contribution is 2.39. The summed E-state index contributed by atoms with van der Waals surface area (Å²) in [4.78, 5) is 4.05. The molecule has 0 atom stereocenters. The maximum Gasteiger partial charge on any atom is 0.184 e. The van der Waals surface area contributed by atoms with Crippen molar-refractivity contribution in [3.05, 3.63) is 48.2 Å². The van der Waals surface area contributed by atoms with Crippen LogP contribution in [0.25, 0.3) is 10.9 Å². The Morgan fingerprint density at radius 3 is 2.48 bits per heavy atom. The Labute approximate surface area is 154 Å². The first-order chi connectivity index (χ1) is 13.0. The van der Waals surface area contributed by atoms with Crippen LogP contribution in [0, 0.1) is 11.6 Å². The Kier molecular flexibility index (Phi) is 5.56. The highest BCUT2D eigenvalue weighted by atomic mass is 19.1. The molecule has 0 saturated heterocycles. The van der Waals surface area contributed by atoms with Gasteiger partial charge < -0.3 is 24.7 Å². The SMILES string of the molecule is COCCOc1cc2ncc(F)c(Oc3ccc(N)cc3F)c2cc1OC. The lowest BCUT2D eigenvalue weighted by molar-refractivity contribution is 0.144. The number of hydrogen-bond donors (Lipinski definition) is 1. The van der Waals surface area contributed by atoms with Crippen LogP contribution in [-0.4, -0.2) is 32.4 Å². The number of fused-ring (bicyclic) bond motifs is 1. The zero-order valence-corrected chi connectivity index (χ0v) is 14.8. The Morgan fingerprint density at radius 2 is 1.78 bits per heavy atom. The Hall–Kier alpha value is -3.13. The van der Waals surface area contributed by atoms with E-state index in [2.05, 4.69) is 4.98 Å². The third-order valence-corrected chi connectivity index (χ3v) is 3.77. The fraction of sp³-hybridized carbons (Fsp3) is 0.211. The van der Waals surface area contributed by atoms with E-state index in [1.54, 1.807) is 13.2 Å². The Balaban J connectivity index is 2.05. The fourth-order valence-corrected chi connectivity index (χ4v) is 2.47. The highest BCUT2D eigenvalue weighted by molar-refractivity contribution is 5.88. The molecule has 142 valence electrons. The molecule has 0 aliphatic carbocycles. The van der Waals surface area contributed by atoms with Crippen molar-refractivity contribution < 1.29 is 27.7 Å². The minimum absolute atomic E-state index is 0.157. The first-order valence-electron chi connectivity index (χ1n) is 8.04. The summed E-state index contributed by atoms with van der Waals surface area (Å²) in [7, 11) is 3.02. The molecule has 1 aromatic heterocycles. The maximum atomic E-state index is 14.4. The number of benzene rings is 2. The Morgan fingerprint density at radius 1 is 0.963 bits per heavy atom. The monoisotopic (exact) mass is 376 g/mol. The molecule has 27 heavy (non-hydrogen) atoms. The second-order valence-corrected chi connectivity index (χ2v) is 5.59. The molecule has 0 fully saturated rings. The van der Waals surface area contributed by atoms with Crippen molar-refractivity contribution >= 4 is 16.6 Å². The van der Waals surface area contributed by atoms with Gasteiger partial charge in [-0.05, 0) is 18.2 Å². The van der Waals surface area contributed by atoms with Crippen molar-refractivity contribution in [3.63, 3.8) is 0 Å². The average Bonchev–Trinajstić information content (AvgIpc) is 2.65. The first-order valence-corrected chi connectivity index (χ1v) is 8.04. The predicted molar refractivity (Wildman–Crippen MR) is 96.5 cm³/mol. The second-order valence-electron chi connectivity index (χ2n) is 5.59. The highest BCUT2D eigenvalue weighted by Gasteiger charge is 2.17. The van der Waals surface area contributed by atoms with Crippen LogP contribution in [0.4, 0.5) is 14.5 Å². The van der Waals surface area contributed by atoms with Crippen LogP contribution < -0.4 is 19.9 Å². The van der Waals surface area contributed by atoms with E-state index in [0.717, 1.165) is 12.3 Å². The minimum Gasteiger partial charge on any atom is -0.493 e. The van der Waals surface area contributed by atoms with Gasteiger partial charge in [0, 0.05) is 30.3 Å². The normalized spacial score (nSPS) is 10.8. The lowest BCUT2D eigenvalue weighted by Crippen LogP contribution is -2.05. The molecule has 0 radical (unpaired) electrons. The van der Waals surface area contributed by atoms with Gasteiger partial charge in [0.25, 0.3) is 0 Å². The fourth-order valence-electron chi connectivity index (χ4n) is 2.47. The van der Waals surface area contributed by atoms with Gasteiger partial charge in [0.05, 0.1) is 25.4 Å². The van der Waals surface area contributed by atoms with E-state index in [1.807, 2.05) is 0 Å². The third kappa shape index (κ3) is 4.01. The largest absolute Gasteiger partial charge is 0.493 e. The zero-order chi connectivity index (χ0) is 19.4. The van der Waals surface area contributed by atoms with Crippen molar-refractivity contribution in [1.29, 1.82) is 0 Å². The standard InChI is InChI=1S/C19H18F2N2O4/c1-24-5-6-26-18-9-15-12(8-17(18)25-2)19(14(21)10-23-15)27-16-4-3-11(22)7-13(16)20/h3-4,7-10H,5-6,22H2,1-2H3. The van der Waals surface area contributed by atoms with Crippen molar-refractivity contribution in [2.24, 2.45) is 0 Å². The molecule has 0 unspecified atom stereocenters. The number of pyridine rings is 1. The van der Waals surface area contributed by atoms with E-state index in [-0.39, 0.29) is 17.2 Å². The van der Waals surface area contributed by atoms with Crippen LogP contribution in [0.3, 0.4) is 0 Å². The minimum atomic E-state index is -0.742. The number of anilines is 1. The van der Waals surface area contributed by atoms with E-state index in [9.17, 15) is 8.78 Å². The second kappa shape index (κ2) is 8.05. The van der Waals surface area contributed by atoms with Gasteiger partial charge in [-0.15, -0.1) is 0 Å². The predicted octanol–water partition coefficient (Wildman–Crippen LogP) is 3.92. The summed E-state index contributed by atoms with van der Waals surface area (Å²) in [6.45, 7) is 0.697. The molecular formula is C19H18F2N2O4. The van der Waals surface area contributed by atoms with Crippen molar-refractivity contribution in [3.8, 4) is 23.0 Å². The number of nitrogens with two attached hydrogens (primary N) is 1. The van der Waals surface area contributed by atoms with Crippen LogP contribution in [0.1, 0.15) is 0 Å². The van der Waals surface area contributed by atoms with E-state index in [4.69, 9.17) is 24.7 Å². The number of nitrogens with zero attached hydrogens (tertiary/aromatic N) is 1. The number of hydrogen-bond acceptors (Lipinski definition) is 6. The molecule has 3 rings (SSSR count). The van der Waals surface area contributed by atoms with E-state index in [0.29, 0.717) is 35.6 Å². The van der Waals surface area contributed by atoms with Crippen molar-refractivity contribution in [1.82, 2.24) is 4.98 Å². The van der Waals surface area contributed by atoms with Crippen LogP contribution in [-0.2, 0) is 4.74 Å². The summed E-state index contributed by atoms with van der Waals surface area (Å²) in [5, 5.41) is 0.308. The number of ether oxygens (including phenoxy) is 4. The summed E-state index contributed by atoms with van der Waals surface area (Å²) in [6, 6.07) is 7.00. The molecular weight excluding hydrogens is 358 g/mol. The molecule has 0 aliphatic heterocycles. The van der Waals surface area contributed by atoms with E-state index < -0.39 is 11.6 Å². The summed E-state index contributed by atoms with van der Waals surface area (Å²) in [5.41, 5.74) is 6.16. The lowest BCUT2D eigenvalue weighted by atomic mass is 10.1. The van der Waals surface area contributed by atoms with Gasteiger partial charge in [-0.2, -0.15) is 0 Å². The van der Waals surface area contributed by atoms with Gasteiger partial charge in [-0.3, -0.25) is 4.98 Å². The number of nitrogen functional groups attached to an aromatic ring is 1. The number of halogens is 2. The van der Waals surface area contributed by atoms with Crippen molar-refractivity contribution in [2.45, 2.75) is 0 Å². The van der Waals surface area contributed by atoms with Crippen molar-refractivity contribution in [2.75, 3.05) is 33.2 Å². The zero-order valence-electron chi connectivity index (χ0n) is 14.8. The van der Waals surface area contributed by atoms with Gasteiger partial charge in [0.1, 0.15) is 6.61 Å². The molecule has 0 aliphatic rings. The van der Waals surface area contributed by atoms with Gasteiger partial charge in [0.2, 0.25) is 0 Å². The Bertz CT molecular complexity index is 966. The van der Waals surface area contributed by atoms with Crippen LogP contribution in [0.5, 0.6) is 23.0 Å². The summed E-state index contributed by atoms with van der Waals surface area (Å²) < 4.78 is 49.8. The summed E-state index contributed by atoms with van der Waals surface area (Å²) >= 11 is 0. The molecule has 1 heterocycles. The third-order valence-electron chi connectivity index (χ3n) is 3.77. The molecule has 8 heteroatoms. The van der Waals surface area contributed by atoms with Gasteiger partial charge in [0.15, 0.2) is 34.6 Å². The quantitative estimate of drug-likeness (QED) is 0.498.